The van der Waals surface area contributed by atoms with Crippen LogP contribution < -0.4 is 4.74 Å². The standard InChI is InChI=1S/C8H9F3N2O2/c1-3-13-6(5(15-2)4-12-13)7(14)8(9,10)11/h4H,3H2,1-2H3. The number of hydrogen-bond donors (Lipinski definition) is 0. The number of aryl methyl sites for hydroxylation is 1. The van der Waals surface area contributed by atoms with Crippen molar-refractivity contribution in [2.75, 3.05) is 7.11 Å². The van der Waals surface area contributed by atoms with Crippen LogP contribution in [0.1, 0.15) is 17.4 Å². The average Bonchev–Trinajstić information content (AvgIpc) is 2.57. The molecular weight excluding hydrogens is 213 g/mol. The van der Waals surface area contributed by atoms with E-state index >= 15 is 0 Å². The molecule has 1 heterocycles. The van der Waals surface area contributed by atoms with Crippen molar-refractivity contribution in [1.82, 2.24) is 9.78 Å². The summed E-state index contributed by atoms with van der Waals surface area (Å²) in [5.74, 6) is -2.11. The van der Waals surface area contributed by atoms with Crippen LogP contribution in [0, 0.1) is 0 Å². The molecule has 0 N–H and O–H groups in total. The Morgan fingerprint density at radius 1 is 1.60 bits per heavy atom. The Hall–Kier alpha value is -1.53. The molecule has 0 spiro atoms. The van der Waals surface area contributed by atoms with E-state index < -0.39 is 17.7 Å². The average molecular weight is 222 g/mol. The van der Waals surface area contributed by atoms with Gasteiger partial charge in [0.15, 0.2) is 11.4 Å². The minimum absolute atomic E-state index is 0.167. The van der Waals surface area contributed by atoms with E-state index in [1.165, 1.54) is 7.11 Å². The van der Waals surface area contributed by atoms with Crippen molar-refractivity contribution in [2.24, 2.45) is 0 Å². The highest BCUT2D eigenvalue weighted by Gasteiger charge is 2.43. The molecule has 0 unspecified atom stereocenters. The number of ether oxygens (including phenoxy) is 1. The molecule has 0 fully saturated rings. The number of aromatic nitrogens is 2. The van der Waals surface area contributed by atoms with Crippen LogP contribution in [-0.4, -0.2) is 28.8 Å². The molecule has 0 aliphatic rings. The Labute approximate surface area is 83.6 Å². The van der Waals surface area contributed by atoms with E-state index in [2.05, 4.69) is 9.84 Å². The van der Waals surface area contributed by atoms with Crippen LogP contribution in [0.5, 0.6) is 5.75 Å². The molecule has 1 aromatic rings. The largest absolute Gasteiger partial charge is 0.493 e. The van der Waals surface area contributed by atoms with Crippen LogP contribution in [0.2, 0.25) is 0 Å². The molecule has 0 bridgehead atoms. The fourth-order valence-electron chi connectivity index (χ4n) is 1.12. The topological polar surface area (TPSA) is 44.1 Å². The van der Waals surface area contributed by atoms with Crippen LogP contribution in [0.15, 0.2) is 6.20 Å². The van der Waals surface area contributed by atoms with Gasteiger partial charge >= 0.3 is 6.18 Å². The first-order valence-corrected chi connectivity index (χ1v) is 4.13. The molecule has 0 amide bonds. The van der Waals surface area contributed by atoms with E-state index in [9.17, 15) is 18.0 Å². The Bertz CT molecular complexity index is 349. The molecule has 7 heteroatoms. The molecule has 0 atom stereocenters. The van der Waals surface area contributed by atoms with Gasteiger partial charge in [-0.05, 0) is 6.92 Å². The predicted octanol–water partition coefficient (Wildman–Crippen LogP) is 1.66. The molecule has 0 aliphatic carbocycles. The first-order chi connectivity index (χ1) is 6.91. The van der Waals surface area contributed by atoms with E-state index in [1.807, 2.05) is 0 Å². The second-order valence-corrected chi connectivity index (χ2v) is 2.70. The summed E-state index contributed by atoms with van der Waals surface area (Å²) in [6, 6.07) is 0. The maximum absolute atomic E-state index is 12.2. The zero-order chi connectivity index (χ0) is 11.6. The zero-order valence-corrected chi connectivity index (χ0v) is 8.13. The van der Waals surface area contributed by atoms with Crippen LogP contribution in [0.3, 0.4) is 0 Å². The third-order valence-electron chi connectivity index (χ3n) is 1.80. The highest BCUT2D eigenvalue weighted by Crippen LogP contribution is 2.27. The number of rotatable bonds is 3. The lowest BCUT2D eigenvalue weighted by Crippen LogP contribution is -2.26. The number of methoxy groups -OCH3 is 1. The van der Waals surface area contributed by atoms with Crippen molar-refractivity contribution in [3.05, 3.63) is 11.9 Å². The molecule has 1 aromatic heterocycles. The van der Waals surface area contributed by atoms with Gasteiger partial charge in [0.1, 0.15) is 0 Å². The third kappa shape index (κ3) is 2.11. The summed E-state index contributed by atoms with van der Waals surface area (Å²) in [6.07, 6.45) is -3.83. The summed E-state index contributed by atoms with van der Waals surface area (Å²) >= 11 is 0. The molecule has 0 saturated carbocycles. The van der Waals surface area contributed by atoms with Gasteiger partial charge in [-0.25, -0.2) is 0 Å². The molecule has 84 valence electrons. The molecule has 0 aromatic carbocycles. The summed E-state index contributed by atoms with van der Waals surface area (Å²) in [7, 11) is 1.18. The monoisotopic (exact) mass is 222 g/mol. The summed E-state index contributed by atoms with van der Waals surface area (Å²) in [5.41, 5.74) is -0.562. The lowest BCUT2D eigenvalue weighted by atomic mass is 10.2. The van der Waals surface area contributed by atoms with Gasteiger partial charge in [-0.1, -0.05) is 0 Å². The van der Waals surface area contributed by atoms with Crippen molar-refractivity contribution in [3.8, 4) is 5.75 Å². The van der Waals surface area contributed by atoms with Crippen LogP contribution in [-0.2, 0) is 6.54 Å². The van der Waals surface area contributed by atoms with Crippen molar-refractivity contribution in [2.45, 2.75) is 19.6 Å². The van der Waals surface area contributed by atoms with Crippen LogP contribution in [0.25, 0.3) is 0 Å². The van der Waals surface area contributed by atoms with E-state index in [4.69, 9.17) is 0 Å². The molecule has 0 radical (unpaired) electrons. The fourth-order valence-corrected chi connectivity index (χ4v) is 1.12. The maximum atomic E-state index is 12.2. The Balaban J connectivity index is 3.22. The fraction of sp³-hybridized carbons (Fsp3) is 0.500. The predicted molar refractivity (Wildman–Crippen MR) is 44.8 cm³/mol. The summed E-state index contributed by atoms with van der Waals surface area (Å²) < 4.78 is 42.2. The number of Topliss-reactive ketones (excluding diaryl/α,β-unsaturated/α-hetero) is 1. The van der Waals surface area contributed by atoms with Crippen molar-refractivity contribution in [1.29, 1.82) is 0 Å². The first kappa shape index (κ1) is 11.5. The molecule has 15 heavy (non-hydrogen) atoms. The minimum Gasteiger partial charge on any atom is -0.493 e. The minimum atomic E-state index is -4.92. The number of carbonyl (C=O) groups is 1. The van der Waals surface area contributed by atoms with Gasteiger partial charge in [-0.15, -0.1) is 0 Å². The molecular formula is C8H9F3N2O2. The van der Waals surface area contributed by atoms with Gasteiger partial charge in [-0.3, -0.25) is 9.48 Å². The van der Waals surface area contributed by atoms with Gasteiger partial charge in [0.2, 0.25) is 0 Å². The second kappa shape index (κ2) is 3.92. The number of ketones is 1. The van der Waals surface area contributed by atoms with Crippen molar-refractivity contribution >= 4 is 5.78 Å². The molecule has 0 saturated heterocycles. The summed E-state index contributed by atoms with van der Waals surface area (Å²) in [5, 5.41) is 3.61. The lowest BCUT2D eigenvalue weighted by Gasteiger charge is -2.08. The Morgan fingerprint density at radius 2 is 2.20 bits per heavy atom. The zero-order valence-electron chi connectivity index (χ0n) is 8.13. The number of carbonyl (C=O) groups excluding carboxylic acids is 1. The second-order valence-electron chi connectivity index (χ2n) is 2.70. The Kier molecular flexibility index (Phi) is 3.01. The number of nitrogens with zero attached hydrogens (tertiary/aromatic N) is 2. The third-order valence-corrected chi connectivity index (χ3v) is 1.80. The maximum Gasteiger partial charge on any atom is 0.456 e. The SMILES string of the molecule is CCn1ncc(OC)c1C(=O)C(F)(F)F. The molecule has 1 rings (SSSR count). The lowest BCUT2D eigenvalue weighted by molar-refractivity contribution is -0.0892. The summed E-state index contributed by atoms with van der Waals surface area (Å²) in [4.78, 5) is 11.0. The van der Waals surface area contributed by atoms with E-state index in [1.54, 1.807) is 6.92 Å². The highest BCUT2D eigenvalue weighted by atomic mass is 19.4. The van der Waals surface area contributed by atoms with Gasteiger partial charge in [0.25, 0.3) is 5.78 Å². The number of hydrogen-bond acceptors (Lipinski definition) is 3. The first-order valence-electron chi connectivity index (χ1n) is 4.13. The van der Waals surface area contributed by atoms with E-state index in [0.717, 1.165) is 10.9 Å². The van der Waals surface area contributed by atoms with Crippen molar-refractivity contribution in [3.63, 3.8) is 0 Å². The van der Waals surface area contributed by atoms with E-state index in [0.29, 0.717) is 0 Å². The van der Waals surface area contributed by atoms with Gasteiger partial charge in [-0.2, -0.15) is 18.3 Å². The van der Waals surface area contributed by atoms with Crippen molar-refractivity contribution < 1.29 is 22.7 Å². The Morgan fingerprint density at radius 3 is 2.60 bits per heavy atom. The smallest absolute Gasteiger partial charge is 0.456 e. The summed E-state index contributed by atoms with van der Waals surface area (Å²) in [6.45, 7) is 1.75. The van der Waals surface area contributed by atoms with Crippen LogP contribution >= 0.6 is 0 Å². The molecule has 4 nitrogen and oxygen atoms in total. The highest BCUT2D eigenvalue weighted by molar-refractivity contribution is 6.01. The quantitative estimate of drug-likeness (QED) is 0.730. The number of alkyl halides is 3. The molecule has 0 aliphatic heterocycles. The van der Waals surface area contributed by atoms with Crippen LogP contribution in [0.4, 0.5) is 13.2 Å². The van der Waals surface area contributed by atoms with E-state index in [-0.39, 0.29) is 12.3 Å². The number of halogens is 3. The van der Waals surface area contributed by atoms with Gasteiger partial charge < -0.3 is 4.74 Å². The van der Waals surface area contributed by atoms with Gasteiger partial charge in [0.05, 0.1) is 13.3 Å². The normalized spacial score (nSPS) is 11.5. The van der Waals surface area contributed by atoms with Gasteiger partial charge in [0, 0.05) is 6.54 Å².